The van der Waals surface area contributed by atoms with Gasteiger partial charge in [-0.1, -0.05) is 0 Å². The Bertz CT molecular complexity index is 1950. The molecule has 0 N–H and O–H groups in total. The van der Waals surface area contributed by atoms with Crippen molar-refractivity contribution in [3.63, 3.8) is 0 Å². The molecule has 0 spiro atoms. The first-order valence-electron chi connectivity index (χ1n) is 15.9. The Morgan fingerprint density at radius 1 is 0.458 bits per heavy atom. The van der Waals surface area contributed by atoms with Crippen molar-refractivity contribution in [2.75, 3.05) is 0 Å². The third-order valence-electron chi connectivity index (χ3n) is 8.97. The summed E-state index contributed by atoms with van der Waals surface area (Å²) in [5.74, 6) is 0. The van der Waals surface area contributed by atoms with Gasteiger partial charge in [-0.25, -0.2) is 0 Å². The SMILES string of the molecule is Cl.Cl.O=P(c1ccccc1)(c1ccccc1)c1nc2ccccc2c[c]1[Zr]([CH2]c1ccccc1)([CH2]c1ccccc1)[CH2]c1ccccc1. The van der Waals surface area contributed by atoms with Crippen molar-refractivity contribution in [3.8, 4) is 0 Å². The van der Waals surface area contributed by atoms with E-state index in [2.05, 4.69) is 115 Å². The number of halogens is 2. The first kappa shape index (κ1) is 35.7. The van der Waals surface area contributed by atoms with Crippen LogP contribution in [0.15, 0.2) is 182 Å². The number of fused-ring (bicyclic) bond motifs is 1. The minimum atomic E-state index is -3.79. The molecule has 0 amide bonds. The molecule has 0 saturated heterocycles. The molecular formula is C42H38Cl2NOPZr. The number of hydrogen-bond donors (Lipinski definition) is 0. The first-order valence-corrected chi connectivity index (χ1v) is 24.0. The van der Waals surface area contributed by atoms with Crippen LogP contribution in [-0.4, -0.2) is 4.98 Å². The average Bonchev–Trinajstić information content (AvgIpc) is 3.13. The van der Waals surface area contributed by atoms with Gasteiger partial charge in [-0.05, 0) is 0 Å². The molecule has 0 radical (unpaired) electrons. The Morgan fingerprint density at radius 2 is 0.812 bits per heavy atom. The van der Waals surface area contributed by atoms with Crippen LogP contribution < -0.4 is 19.3 Å². The fourth-order valence-electron chi connectivity index (χ4n) is 6.84. The van der Waals surface area contributed by atoms with Crippen molar-refractivity contribution in [3.05, 3.63) is 199 Å². The molecule has 48 heavy (non-hydrogen) atoms. The van der Waals surface area contributed by atoms with E-state index in [0.717, 1.165) is 39.3 Å². The van der Waals surface area contributed by atoms with Gasteiger partial charge >= 0.3 is 278 Å². The van der Waals surface area contributed by atoms with E-state index in [1.54, 1.807) is 0 Å². The number of pyridine rings is 1. The second-order valence-corrected chi connectivity index (χ2v) is 25.0. The molecule has 6 heteroatoms. The molecule has 0 aliphatic heterocycles. The normalized spacial score (nSPS) is 11.3. The van der Waals surface area contributed by atoms with Gasteiger partial charge in [-0.3, -0.25) is 0 Å². The molecule has 7 aromatic rings. The van der Waals surface area contributed by atoms with Crippen molar-refractivity contribution < 1.29 is 24.8 Å². The maximum absolute atomic E-state index is 16.3. The van der Waals surface area contributed by atoms with Crippen molar-refractivity contribution in [1.29, 1.82) is 0 Å². The Kier molecular flexibility index (Phi) is 12.1. The van der Waals surface area contributed by atoms with Crippen molar-refractivity contribution in [2.45, 2.75) is 12.4 Å². The van der Waals surface area contributed by atoms with Gasteiger partial charge in [0.1, 0.15) is 0 Å². The van der Waals surface area contributed by atoms with E-state index in [1.165, 1.54) is 20.0 Å². The average molecular weight is 766 g/mol. The summed E-state index contributed by atoms with van der Waals surface area (Å²) in [5.41, 5.74) is 5.64. The summed E-state index contributed by atoms with van der Waals surface area (Å²) in [7, 11) is -3.39. The minimum absolute atomic E-state index is 0. The molecule has 0 atom stereocenters. The van der Waals surface area contributed by atoms with Crippen LogP contribution in [-0.2, 0) is 37.2 Å². The standard InChI is InChI=1S/C21H15NOP.3C7H7.2ClH.Zr/c23-24(18-10-3-1-4-11-18,19-12-5-2-6-13-19)21-16-15-17-9-7-8-14-20(17)22-21;3*1-7-5-3-2-4-6-7;;;/h1-15H;3*2-6H,1H2;2*1H;. The summed E-state index contributed by atoms with van der Waals surface area (Å²) in [6.07, 6.45) is 0. The van der Waals surface area contributed by atoms with Gasteiger partial charge < -0.3 is 0 Å². The van der Waals surface area contributed by atoms with Gasteiger partial charge in [0.15, 0.2) is 0 Å². The third kappa shape index (κ3) is 7.51. The summed E-state index contributed by atoms with van der Waals surface area (Å²) in [5, 5.41) is 2.75. The summed E-state index contributed by atoms with van der Waals surface area (Å²) in [6, 6.07) is 63.6. The van der Waals surface area contributed by atoms with E-state index in [0.29, 0.717) is 0 Å². The Balaban J connectivity index is 0.00000225. The summed E-state index contributed by atoms with van der Waals surface area (Å²) >= 11 is -3.79. The molecule has 0 bridgehead atoms. The van der Waals surface area contributed by atoms with E-state index in [1.807, 2.05) is 66.7 Å². The predicted molar refractivity (Wildman–Crippen MR) is 206 cm³/mol. The molecule has 240 valence electrons. The van der Waals surface area contributed by atoms with Crippen molar-refractivity contribution in [1.82, 2.24) is 4.98 Å². The monoisotopic (exact) mass is 763 g/mol. The summed E-state index contributed by atoms with van der Waals surface area (Å²) < 4.78 is 20.4. The molecule has 1 heterocycles. The van der Waals surface area contributed by atoms with Gasteiger partial charge in [-0.2, -0.15) is 0 Å². The zero-order chi connectivity index (χ0) is 31.2. The zero-order valence-electron chi connectivity index (χ0n) is 26.6. The fraction of sp³-hybridized carbons (Fsp3) is 0.0714. The Hall–Kier alpha value is -3.58. The molecule has 0 unspecified atom stereocenters. The molecule has 0 aliphatic rings. The van der Waals surface area contributed by atoms with Crippen LogP contribution in [0.1, 0.15) is 16.7 Å². The number of hydrogen-bond acceptors (Lipinski definition) is 2. The number of benzene rings is 6. The van der Waals surface area contributed by atoms with Crippen LogP contribution in [0, 0.1) is 0 Å². The molecule has 6 aromatic carbocycles. The maximum atomic E-state index is 16.3. The van der Waals surface area contributed by atoms with E-state index < -0.39 is 27.4 Å². The molecule has 0 aliphatic carbocycles. The summed E-state index contributed by atoms with van der Waals surface area (Å²) in [6.45, 7) is 0. The van der Waals surface area contributed by atoms with E-state index >= 15 is 4.57 Å². The van der Waals surface area contributed by atoms with Crippen LogP contribution in [0.5, 0.6) is 0 Å². The zero-order valence-corrected chi connectivity index (χ0v) is 31.5. The van der Waals surface area contributed by atoms with Crippen LogP contribution in [0.25, 0.3) is 10.9 Å². The van der Waals surface area contributed by atoms with E-state index in [-0.39, 0.29) is 24.8 Å². The van der Waals surface area contributed by atoms with Gasteiger partial charge in [0.2, 0.25) is 0 Å². The first-order chi connectivity index (χ1) is 22.6. The fourth-order valence-corrected chi connectivity index (χ4v) is 24.3. The Morgan fingerprint density at radius 3 is 1.23 bits per heavy atom. The Labute approximate surface area is 300 Å². The van der Waals surface area contributed by atoms with Crippen molar-refractivity contribution >= 4 is 62.2 Å². The van der Waals surface area contributed by atoms with E-state index in [9.17, 15) is 0 Å². The molecular weight excluding hydrogens is 728 g/mol. The number of para-hydroxylation sites is 1. The van der Waals surface area contributed by atoms with Crippen LogP contribution in [0.4, 0.5) is 0 Å². The number of nitrogens with zero attached hydrogens (tertiary/aromatic N) is 1. The van der Waals surface area contributed by atoms with Crippen LogP contribution in [0.2, 0.25) is 0 Å². The molecule has 7 rings (SSSR count). The number of rotatable bonds is 10. The second kappa shape index (κ2) is 16.2. The summed E-state index contributed by atoms with van der Waals surface area (Å²) in [4.78, 5) is 5.48. The van der Waals surface area contributed by atoms with E-state index in [4.69, 9.17) is 4.98 Å². The molecule has 2 nitrogen and oxygen atoms in total. The second-order valence-electron chi connectivity index (χ2n) is 12.1. The molecule has 1 aromatic heterocycles. The van der Waals surface area contributed by atoms with Gasteiger partial charge in [-0.15, -0.1) is 24.8 Å². The van der Waals surface area contributed by atoms with Crippen LogP contribution in [0.3, 0.4) is 0 Å². The quantitative estimate of drug-likeness (QED) is 0.130. The van der Waals surface area contributed by atoms with Crippen molar-refractivity contribution in [2.24, 2.45) is 0 Å². The van der Waals surface area contributed by atoms with Crippen LogP contribution >= 0.6 is 32.0 Å². The molecule has 0 fully saturated rings. The third-order valence-corrected chi connectivity index (χ3v) is 24.2. The van der Waals surface area contributed by atoms with Gasteiger partial charge in [0, 0.05) is 0 Å². The molecule has 0 saturated carbocycles. The number of aromatic nitrogens is 1. The topological polar surface area (TPSA) is 30.0 Å². The van der Waals surface area contributed by atoms with Gasteiger partial charge in [0.25, 0.3) is 0 Å². The van der Waals surface area contributed by atoms with Gasteiger partial charge in [0.05, 0.1) is 0 Å². The predicted octanol–water partition coefficient (Wildman–Crippen LogP) is 9.10.